The fraction of sp³-hybridized carbons (Fsp3) is 0.333. The van der Waals surface area contributed by atoms with Crippen LogP contribution in [-0.4, -0.2) is 29.2 Å². The summed E-state index contributed by atoms with van der Waals surface area (Å²) in [5.41, 5.74) is 0.180. The Bertz CT molecular complexity index is 759. The maximum atomic E-state index is 11.1. The molecule has 8 nitrogen and oxygen atoms in total. The van der Waals surface area contributed by atoms with Crippen molar-refractivity contribution in [2.45, 2.75) is 18.9 Å². The normalized spacial score (nSPS) is 16.9. The van der Waals surface area contributed by atoms with E-state index >= 15 is 0 Å². The van der Waals surface area contributed by atoms with Gasteiger partial charge in [-0.15, -0.1) is 0 Å². The Labute approximate surface area is 131 Å². The number of nitriles is 1. The second-order valence-corrected chi connectivity index (χ2v) is 5.10. The molecule has 1 fully saturated rings. The molecule has 118 valence electrons. The first-order chi connectivity index (χ1) is 11.2. The van der Waals surface area contributed by atoms with Crippen LogP contribution < -0.4 is 5.32 Å². The van der Waals surface area contributed by atoms with Gasteiger partial charge in [0.2, 0.25) is 17.5 Å². The number of para-hydroxylation sites is 1. The predicted molar refractivity (Wildman–Crippen MR) is 80.8 cm³/mol. The molecule has 1 saturated heterocycles. The molecule has 1 aliphatic heterocycles. The molecule has 0 spiro atoms. The average Bonchev–Trinajstić information content (AvgIpc) is 3.22. The van der Waals surface area contributed by atoms with E-state index in [-0.39, 0.29) is 34.8 Å². The molecule has 23 heavy (non-hydrogen) atoms. The smallest absolute Gasteiger partial charge is 0.282 e. The zero-order chi connectivity index (χ0) is 16.2. The zero-order valence-corrected chi connectivity index (χ0v) is 12.2. The predicted octanol–water partition coefficient (Wildman–Crippen LogP) is 2.71. The summed E-state index contributed by atoms with van der Waals surface area (Å²) < 4.78 is 11.0. The zero-order valence-electron chi connectivity index (χ0n) is 12.2. The summed E-state index contributed by atoms with van der Waals surface area (Å²) >= 11 is 0. The molecular weight excluding hydrogens is 300 g/mol. The van der Waals surface area contributed by atoms with Crippen LogP contribution in [0.1, 0.15) is 18.5 Å². The molecule has 1 aliphatic rings. The van der Waals surface area contributed by atoms with Crippen LogP contribution in [0.25, 0.3) is 11.5 Å². The monoisotopic (exact) mass is 314 g/mol. The van der Waals surface area contributed by atoms with Gasteiger partial charge in [0.25, 0.3) is 5.69 Å². The lowest BCUT2D eigenvalue weighted by atomic mass is 10.2. The van der Waals surface area contributed by atoms with Crippen molar-refractivity contribution in [3.8, 4) is 17.5 Å². The summed E-state index contributed by atoms with van der Waals surface area (Å²) in [6.45, 7) is 1.23. The van der Waals surface area contributed by atoms with Crippen molar-refractivity contribution in [1.29, 1.82) is 5.26 Å². The number of rotatable bonds is 5. The van der Waals surface area contributed by atoms with Crippen LogP contribution in [0.15, 0.2) is 28.7 Å². The fourth-order valence-electron chi connectivity index (χ4n) is 2.46. The first kappa shape index (κ1) is 15.0. The van der Waals surface area contributed by atoms with E-state index in [4.69, 9.17) is 9.15 Å². The van der Waals surface area contributed by atoms with E-state index in [0.717, 1.165) is 19.4 Å². The van der Waals surface area contributed by atoms with Crippen LogP contribution in [0, 0.1) is 21.4 Å². The lowest BCUT2D eigenvalue weighted by molar-refractivity contribution is -0.384. The quantitative estimate of drug-likeness (QED) is 0.666. The molecule has 1 atom stereocenters. The third-order valence-electron chi connectivity index (χ3n) is 3.58. The highest BCUT2D eigenvalue weighted by Gasteiger charge is 2.23. The number of nitro benzene ring substituents is 1. The van der Waals surface area contributed by atoms with E-state index in [1.54, 1.807) is 12.1 Å². The molecule has 0 aliphatic carbocycles. The molecule has 1 N–H and O–H groups in total. The highest BCUT2D eigenvalue weighted by molar-refractivity contribution is 5.68. The molecule has 8 heteroatoms. The SMILES string of the molecule is N#Cc1nc(-c2ccccc2[N+](=O)[O-])oc1NC[C@H]1CCCO1. The fourth-order valence-corrected chi connectivity index (χ4v) is 2.46. The van der Waals surface area contributed by atoms with Gasteiger partial charge < -0.3 is 14.5 Å². The number of nitrogens with zero attached hydrogens (tertiary/aromatic N) is 3. The number of nitro groups is 1. The number of nitrogens with one attached hydrogen (secondary N) is 1. The van der Waals surface area contributed by atoms with Crippen LogP contribution in [0.5, 0.6) is 0 Å². The van der Waals surface area contributed by atoms with Gasteiger partial charge in [0, 0.05) is 19.2 Å². The van der Waals surface area contributed by atoms with Gasteiger partial charge in [0.1, 0.15) is 11.6 Å². The molecule has 1 aromatic carbocycles. The summed E-state index contributed by atoms with van der Waals surface area (Å²) in [5.74, 6) is 0.250. The van der Waals surface area contributed by atoms with Gasteiger partial charge in [-0.25, -0.2) is 0 Å². The van der Waals surface area contributed by atoms with E-state index in [2.05, 4.69) is 10.3 Å². The molecule has 0 unspecified atom stereocenters. The Hall–Kier alpha value is -2.92. The topological polar surface area (TPSA) is 114 Å². The van der Waals surface area contributed by atoms with Gasteiger partial charge in [-0.1, -0.05) is 12.1 Å². The van der Waals surface area contributed by atoms with E-state index < -0.39 is 4.92 Å². The highest BCUT2D eigenvalue weighted by atomic mass is 16.6. The van der Waals surface area contributed by atoms with Crippen molar-refractivity contribution in [2.24, 2.45) is 0 Å². The van der Waals surface area contributed by atoms with Gasteiger partial charge in [0.05, 0.1) is 11.0 Å². The minimum Gasteiger partial charge on any atom is -0.419 e. The Balaban J connectivity index is 1.87. The summed E-state index contributed by atoms with van der Waals surface area (Å²) in [5, 5.41) is 23.3. The summed E-state index contributed by atoms with van der Waals surface area (Å²) in [7, 11) is 0. The van der Waals surface area contributed by atoms with Crippen LogP contribution in [0.4, 0.5) is 11.6 Å². The lowest BCUT2D eigenvalue weighted by Crippen LogP contribution is -2.18. The van der Waals surface area contributed by atoms with E-state index in [9.17, 15) is 15.4 Å². The number of hydrogen-bond acceptors (Lipinski definition) is 7. The number of oxazole rings is 1. The lowest BCUT2D eigenvalue weighted by Gasteiger charge is -2.09. The van der Waals surface area contributed by atoms with E-state index in [1.807, 2.05) is 6.07 Å². The van der Waals surface area contributed by atoms with Gasteiger partial charge in [-0.3, -0.25) is 10.1 Å². The molecular formula is C15H14N4O4. The van der Waals surface area contributed by atoms with Crippen molar-refractivity contribution in [3.63, 3.8) is 0 Å². The average molecular weight is 314 g/mol. The first-order valence-corrected chi connectivity index (χ1v) is 7.19. The molecule has 2 heterocycles. The van der Waals surface area contributed by atoms with E-state index in [1.165, 1.54) is 12.1 Å². The summed E-state index contributed by atoms with van der Waals surface area (Å²) in [6.07, 6.45) is 2.02. The van der Waals surface area contributed by atoms with Crippen molar-refractivity contribution in [1.82, 2.24) is 4.98 Å². The Morgan fingerprint density at radius 3 is 3.00 bits per heavy atom. The van der Waals surface area contributed by atoms with Crippen molar-refractivity contribution < 1.29 is 14.1 Å². The van der Waals surface area contributed by atoms with Crippen molar-refractivity contribution >= 4 is 11.6 Å². The molecule has 3 rings (SSSR count). The van der Waals surface area contributed by atoms with Gasteiger partial charge in [-0.2, -0.15) is 10.2 Å². The standard InChI is InChI=1S/C15H14N4O4/c16-8-12-15(17-9-10-4-3-7-22-10)23-14(18-12)11-5-1-2-6-13(11)19(20)21/h1-2,5-6,10,17H,3-4,7,9H2/t10-/m1/s1. The van der Waals surface area contributed by atoms with Crippen LogP contribution in [0.2, 0.25) is 0 Å². The van der Waals surface area contributed by atoms with Gasteiger partial charge in [-0.05, 0) is 18.9 Å². The van der Waals surface area contributed by atoms with E-state index in [0.29, 0.717) is 6.54 Å². The molecule has 0 bridgehead atoms. The Morgan fingerprint density at radius 2 is 2.30 bits per heavy atom. The summed E-state index contributed by atoms with van der Waals surface area (Å²) in [6, 6.07) is 8.05. The number of benzene rings is 1. The third kappa shape index (κ3) is 3.14. The number of anilines is 1. The maximum absolute atomic E-state index is 11.1. The minimum absolute atomic E-state index is 0.0451. The van der Waals surface area contributed by atoms with Gasteiger partial charge in [0.15, 0.2) is 0 Å². The molecule has 0 saturated carbocycles. The third-order valence-corrected chi connectivity index (χ3v) is 3.58. The van der Waals surface area contributed by atoms with Crippen molar-refractivity contribution in [2.75, 3.05) is 18.5 Å². The molecule has 0 amide bonds. The molecule has 1 aromatic heterocycles. The van der Waals surface area contributed by atoms with Crippen molar-refractivity contribution in [3.05, 3.63) is 40.1 Å². The highest BCUT2D eigenvalue weighted by Crippen LogP contribution is 2.32. The second kappa shape index (κ2) is 6.46. The van der Waals surface area contributed by atoms with Crippen LogP contribution in [-0.2, 0) is 4.74 Å². The Morgan fingerprint density at radius 1 is 1.48 bits per heavy atom. The molecule has 2 aromatic rings. The number of aromatic nitrogens is 1. The van der Waals surface area contributed by atoms with Gasteiger partial charge >= 0.3 is 0 Å². The Kier molecular flexibility index (Phi) is 4.21. The van der Waals surface area contributed by atoms with Crippen LogP contribution in [0.3, 0.4) is 0 Å². The second-order valence-electron chi connectivity index (χ2n) is 5.10. The molecule has 0 radical (unpaired) electrons. The maximum Gasteiger partial charge on any atom is 0.282 e. The minimum atomic E-state index is -0.509. The number of ether oxygens (including phenoxy) is 1. The number of hydrogen-bond donors (Lipinski definition) is 1. The first-order valence-electron chi connectivity index (χ1n) is 7.19. The summed E-state index contributed by atoms with van der Waals surface area (Å²) in [4.78, 5) is 14.6. The largest absolute Gasteiger partial charge is 0.419 e. The van der Waals surface area contributed by atoms with Crippen LogP contribution >= 0.6 is 0 Å².